The minimum absolute atomic E-state index is 0. The molecule has 1 aromatic heterocycles. The first kappa shape index (κ1) is 21.7. The van der Waals surface area contributed by atoms with E-state index in [1.807, 2.05) is 31.2 Å². The molecule has 0 amide bonds. The summed E-state index contributed by atoms with van der Waals surface area (Å²) in [5.41, 5.74) is 0.944. The van der Waals surface area contributed by atoms with Gasteiger partial charge in [0.25, 0.3) is 0 Å². The molecule has 1 heterocycles. The SMILES string of the molecule is CCNC(=NCCC(F)(F)F)NCCNc1nc2ccccc2s1.I. The summed E-state index contributed by atoms with van der Waals surface area (Å²) in [5.74, 6) is 0.382. The number of hydrogen-bond acceptors (Lipinski definition) is 4. The van der Waals surface area contributed by atoms with E-state index in [1.165, 1.54) is 0 Å². The van der Waals surface area contributed by atoms with Crippen LogP contribution >= 0.6 is 35.3 Å². The molecular formula is C15H21F3IN5S. The van der Waals surface area contributed by atoms with Gasteiger partial charge in [-0.25, -0.2) is 4.98 Å². The van der Waals surface area contributed by atoms with Gasteiger partial charge in [0, 0.05) is 19.6 Å². The maximum Gasteiger partial charge on any atom is 0.390 e. The Labute approximate surface area is 165 Å². The molecule has 0 bridgehead atoms. The molecule has 0 fully saturated rings. The average Bonchev–Trinajstić information content (AvgIpc) is 2.93. The average molecular weight is 487 g/mol. The van der Waals surface area contributed by atoms with E-state index in [-0.39, 0.29) is 30.5 Å². The zero-order chi connectivity index (χ0) is 17.4. The summed E-state index contributed by atoms with van der Waals surface area (Å²) < 4.78 is 37.6. The van der Waals surface area contributed by atoms with Crippen molar-refractivity contribution in [2.75, 3.05) is 31.5 Å². The van der Waals surface area contributed by atoms with E-state index in [9.17, 15) is 13.2 Å². The van der Waals surface area contributed by atoms with Gasteiger partial charge in [-0.1, -0.05) is 23.5 Å². The van der Waals surface area contributed by atoms with Gasteiger partial charge in [0.2, 0.25) is 0 Å². The van der Waals surface area contributed by atoms with Crippen molar-refractivity contribution in [3.63, 3.8) is 0 Å². The smallest absolute Gasteiger partial charge is 0.360 e. The number of rotatable bonds is 7. The highest BCUT2D eigenvalue weighted by Gasteiger charge is 2.26. The summed E-state index contributed by atoms with van der Waals surface area (Å²) in [6, 6.07) is 7.86. The van der Waals surface area contributed by atoms with Crippen molar-refractivity contribution < 1.29 is 13.2 Å². The number of guanidine groups is 1. The van der Waals surface area contributed by atoms with E-state index in [1.54, 1.807) is 11.3 Å². The number of nitrogens with zero attached hydrogens (tertiary/aromatic N) is 2. The van der Waals surface area contributed by atoms with Gasteiger partial charge in [-0.3, -0.25) is 4.99 Å². The molecule has 0 saturated heterocycles. The van der Waals surface area contributed by atoms with E-state index in [0.29, 0.717) is 25.6 Å². The lowest BCUT2D eigenvalue weighted by Crippen LogP contribution is -2.39. The molecule has 5 nitrogen and oxygen atoms in total. The fourth-order valence-corrected chi connectivity index (χ4v) is 2.83. The topological polar surface area (TPSA) is 61.3 Å². The number of thiazole rings is 1. The van der Waals surface area contributed by atoms with E-state index < -0.39 is 12.6 Å². The molecule has 10 heteroatoms. The van der Waals surface area contributed by atoms with Crippen LogP contribution in [0.2, 0.25) is 0 Å². The van der Waals surface area contributed by atoms with E-state index >= 15 is 0 Å². The van der Waals surface area contributed by atoms with Crippen LogP contribution in [0.15, 0.2) is 29.3 Å². The van der Waals surface area contributed by atoms with E-state index in [4.69, 9.17) is 0 Å². The predicted molar refractivity (Wildman–Crippen MR) is 108 cm³/mol. The summed E-state index contributed by atoms with van der Waals surface area (Å²) in [7, 11) is 0. The number of benzene rings is 1. The minimum atomic E-state index is -4.19. The second kappa shape index (κ2) is 10.6. The van der Waals surface area contributed by atoms with Gasteiger partial charge < -0.3 is 16.0 Å². The van der Waals surface area contributed by atoms with Crippen LogP contribution in [0.4, 0.5) is 18.3 Å². The lowest BCUT2D eigenvalue weighted by Gasteiger charge is -2.12. The summed E-state index contributed by atoms with van der Waals surface area (Å²) in [5, 5.41) is 9.93. The molecule has 1 aromatic carbocycles. The fraction of sp³-hybridized carbons (Fsp3) is 0.467. The Morgan fingerprint density at radius 2 is 1.96 bits per heavy atom. The summed E-state index contributed by atoms with van der Waals surface area (Å²) in [6.45, 7) is 3.27. The van der Waals surface area contributed by atoms with Gasteiger partial charge in [0.05, 0.1) is 23.2 Å². The zero-order valence-electron chi connectivity index (χ0n) is 13.7. The number of para-hydroxylation sites is 1. The molecule has 0 saturated carbocycles. The Hall–Kier alpha value is -1.30. The second-order valence-corrected chi connectivity index (χ2v) is 6.00. The summed E-state index contributed by atoms with van der Waals surface area (Å²) >= 11 is 1.56. The Morgan fingerprint density at radius 1 is 1.20 bits per heavy atom. The Morgan fingerprint density at radius 3 is 2.64 bits per heavy atom. The monoisotopic (exact) mass is 487 g/mol. The molecule has 2 rings (SSSR count). The highest BCUT2D eigenvalue weighted by Crippen LogP contribution is 2.24. The Bertz CT molecular complexity index is 641. The van der Waals surface area contributed by atoms with Crippen LogP contribution in [0, 0.1) is 0 Å². The van der Waals surface area contributed by atoms with Crippen LogP contribution in [-0.2, 0) is 0 Å². The Balaban J connectivity index is 0.00000312. The van der Waals surface area contributed by atoms with Crippen molar-refractivity contribution in [2.45, 2.75) is 19.5 Å². The number of nitrogens with one attached hydrogen (secondary N) is 3. The molecule has 0 aliphatic carbocycles. The number of anilines is 1. The molecule has 0 aliphatic rings. The van der Waals surface area contributed by atoms with Gasteiger partial charge in [-0.2, -0.15) is 13.2 Å². The van der Waals surface area contributed by atoms with E-state index in [2.05, 4.69) is 25.9 Å². The van der Waals surface area contributed by atoms with Gasteiger partial charge in [0.15, 0.2) is 11.1 Å². The van der Waals surface area contributed by atoms with Crippen molar-refractivity contribution in [1.82, 2.24) is 15.6 Å². The highest BCUT2D eigenvalue weighted by molar-refractivity contribution is 14.0. The quantitative estimate of drug-likeness (QED) is 0.241. The molecule has 0 atom stereocenters. The maximum absolute atomic E-state index is 12.1. The third kappa shape index (κ3) is 8.08. The van der Waals surface area contributed by atoms with Gasteiger partial charge >= 0.3 is 6.18 Å². The third-order valence-corrected chi connectivity index (χ3v) is 3.99. The minimum Gasteiger partial charge on any atom is -0.360 e. The number of fused-ring (bicyclic) bond motifs is 1. The standard InChI is InChI=1S/C15H20F3N5S.HI/c1-2-19-13(20-8-7-15(16,17)18)21-9-10-22-14-23-11-5-3-4-6-12(11)24-14;/h3-6H,2,7-10H2,1H3,(H,22,23)(H2,19,20,21);1H. The molecule has 0 spiro atoms. The first-order valence-electron chi connectivity index (χ1n) is 7.66. The molecule has 0 unspecified atom stereocenters. The summed E-state index contributed by atoms with van der Waals surface area (Å²) in [4.78, 5) is 8.36. The molecule has 3 N–H and O–H groups in total. The molecule has 0 aliphatic heterocycles. The third-order valence-electron chi connectivity index (χ3n) is 3.00. The highest BCUT2D eigenvalue weighted by atomic mass is 127. The second-order valence-electron chi connectivity index (χ2n) is 4.97. The van der Waals surface area contributed by atoms with E-state index in [0.717, 1.165) is 15.3 Å². The van der Waals surface area contributed by atoms with Crippen molar-refractivity contribution in [2.24, 2.45) is 4.99 Å². The van der Waals surface area contributed by atoms with Crippen molar-refractivity contribution in [3.8, 4) is 0 Å². The predicted octanol–water partition coefficient (Wildman–Crippen LogP) is 3.83. The number of aliphatic imine (C=N–C) groups is 1. The first-order valence-corrected chi connectivity index (χ1v) is 8.48. The molecular weight excluding hydrogens is 466 g/mol. The zero-order valence-corrected chi connectivity index (χ0v) is 16.8. The van der Waals surface area contributed by atoms with Crippen LogP contribution in [0.3, 0.4) is 0 Å². The van der Waals surface area contributed by atoms with Crippen LogP contribution in [0.25, 0.3) is 10.2 Å². The number of aromatic nitrogens is 1. The number of halogens is 4. The van der Waals surface area contributed by atoms with Crippen LogP contribution in [-0.4, -0.2) is 43.3 Å². The van der Waals surface area contributed by atoms with Gasteiger partial charge in [-0.15, -0.1) is 24.0 Å². The summed E-state index contributed by atoms with van der Waals surface area (Å²) in [6.07, 6.45) is -5.11. The molecule has 2 aromatic rings. The van der Waals surface area contributed by atoms with Crippen LogP contribution in [0.1, 0.15) is 13.3 Å². The largest absolute Gasteiger partial charge is 0.390 e. The lowest BCUT2D eigenvalue weighted by molar-refractivity contribution is -0.132. The Kier molecular flexibility index (Phi) is 9.25. The van der Waals surface area contributed by atoms with Crippen LogP contribution < -0.4 is 16.0 Å². The van der Waals surface area contributed by atoms with Gasteiger partial charge in [-0.05, 0) is 19.1 Å². The number of alkyl halides is 3. The first-order chi connectivity index (χ1) is 11.5. The normalized spacial score (nSPS) is 11.9. The van der Waals surface area contributed by atoms with Gasteiger partial charge in [0.1, 0.15) is 0 Å². The van der Waals surface area contributed by atoms with Crippen LogP contribution in [0.5, 0.6) is 0 Å². The molecule has 140 valence electrons. The maximum atomic E-state index is 12.1. The molecule has 0 radical (unpaired) electrons. The van der Waals surface area contributed by atoms with Crippen molar-refractivity contribution >= 4 is 56.6 Å². The van der Waals surface area contributed by atoms with Crippen molar-refractivity contribution in [1.29, 1.82) is 0 Å². The number of hydrogen-bond donors (Lipinski definition) is 3. The lowest BCUT2D eigenvalue weighted by atomic mass is 10.3. The fourth-order valence-electron chi connectivity index (χ4n) is 1.93. The molecule has 25 heavy (non-hydrogen) atoms. The van der Waals surface area contributed by atoms with Crippen molar-refractivity contribution in [3.05, 3.63) is 24.3 Å².